The van der Waals surface area contributed by atoms with E-state index in [0.717, 1.165) is 0 Å². The van der Waals surface area contributed by atoms with Crippen LogP contribution in [0.15, 0.2) is 23.1 Å². The highest BCUT2D eigenvalue weighted by atomic mass is 35.5. The summed E-state index contributed by atoms with van der Waals surface area (Å²) in [5.41, 5.74) is 6.30. The van der Waals surface area contributed by atoms with Crippen LogP contribution in [0, 0.1) is 16.7 Å². The van der Waals surface area contributed by atoms with Gasteiger partial charge >= 0.3 is 0 Å². The lowest BCUT2D eigenvalue weighted by Gasteiger charge is -2.09. The Morgan fingerprint density at radius 1 is 1.25 bits per heavy atom. The lowest BCUT2D eigenvalue weighted by atomic mass is 10.0. The minimum Gasteiger partial charge on any atom is -0.399 e. The molecule has 4 nitrogen and oxygen atoms in total. The monoisotopic (exact) mass is 316 g/mol. The van der Waals surface area contributed by atoms with Crippen molar-refractivity contribution >= 4 is 27.3 Å². The van der Waals surface area contributed by atoms with Crippen molar-refractivity contribution in [2.75, 3.05) is 12.3 Å². The van der Waals surface area contributed by atoms with Crippen LogP contribution in [0.1, 0.15) is 27.7 Å². The molecule has 1 saturated carbocycles. The molecule has 1 aliphatic carbocycles. The number of anilines is 1. The molecular formula is C14H21ClN2O2S. The lowest BCUT2D eigenvalue weighted by molar-refractivity contribution is 0.457. The van der Waals surface area contributed by atoms with E-state index in [9.17, 15) is 8.42 Å². The third-order valence-corrected chi connectivity index (χ3v) is 6.95. The van der Waals surface area contributed by atoms with Gasteiger partial charge in [-0.25, -0.2) is 13.1 Å². The average molecular weight is 317 g/mol. The molecule has 2 rings (SSSR count). The van der Waals surface area contributed by atoms with Gasteiger partial charge in [-0.05, 0) is 34.9 Å². The van der Waals surface area contributed by atoms with Crippen molar-refractivity contribution in [1.82, 2.24) is 4.72 Å². The van der Waals surface area contributed by atoms with Crippen molar-refractivity contribution in [2.45, 2.75) is 32.6 Å². The molecule has 0 unspecified atom stereocenters. The molecule has 0 aliphatic heterocycles. The maximum absolute atomic E-state index is 12.3. The second-order valence-electron chi connectivity index (χ2n) is 6.54. The number of halogens is 1. The lowest BCUT2D eigenvalue weighted by Crippen LogP contribution is -2.27. The van der Waals surface area contributed by atoms with Crippen molar-refractivity contribution in [3.8, 4) is 0 Å². The minimum atomic E-state index is -3.60. The zero-order chi connectivity index (χ0) is 15.3. The molecule has 6 heteroatoms. The van der Waals surface area contributed by atoms with Gasteiger partial charge in [-0.15, -0.1) is 0 Å². The van der Waals surface area contributed by atoms with Crippen LogP contribution in [0.25, 0.3) is 0 Å². The van der Waals surface area contributed by atoms with Crippen LogP contribution in [0.4, 0.5) is 5.69 Å². The number of sulfonamides is 1. The molecule has 0 amide bonds. The standard InChI is InChI=1S/C14H21ClN2O2S/c1-13(2)12(14(13,3)4)8-17-20(18,19)11-6-5-9(16)7-10(11)15/h5-7,12,17H,8,16H2,1-4H3. The normalized spacial score (nSPS) is 20.9. The first-order valence-electron chi connectivity index (χ1n) is 6.55. The Kier molecular flexibility index (Phi) is 3.60. The van der Waals surface area contributed by atoms with E-state index in [1.165, 1.54) is 18.2 Å². The fraction of sp³-hybridized carbons (Fsp3) is 0.571. The predicted molar refractivity (Wildman–Crippen MR) is 82.1 cm³/mol. The fourth-order valence-corrected chi connectivity index (χ4v) is 4.45. The molecule has 0 atom stereocenters. The number of rotatable bonds is 4. The molecular weight excluding hydrogens is 296 g/mol. The highest BCUT2D eigenvalue weighted by molar-refractivity contribution is 7.89. The molecule has 0 saturated heterocycles. The van der Waals surface area contributed by atoms with Gasteiger partial charge in [0, 0.05) is 12.2 Å². The van der Waals surface area contributed by atoms with E-state index in [0.29, 0.717) is 18.2 Å². The van der Waals surface area contributed by atoms with Gasteiger partial charge in [0.1, 0.15) is 4.90 Å². The summed E-state index contributed by atoms with van der Waals surface area (Å²) in [7, 11) is -3.60. The van der Waals surface area contributed by atoms with Crippen LogP contribution in [0.2, 0.25) is 5.02 Å². The third-order valence-electron chi connectivity index (χ3n) is 5.04. The van der Waals surface area contributed by atoms with E-state index < -0.39 is 10.0 Å². The van der Waals surface area contributed by atoms with Crippen molar-refractivity contribution in [3.63, 3.8) is 0 Å². The highest BCUT2D eigenvalue weighted by Gasteiger charge is 2.64. The first-order chi connectivity index (χ1) is 9.00. The zero-order valence-corrected chi connectivity index (χ0v) is 13.8. The summed E-state index contributed by atoms with van der Waals surface area (Å²) in [6, 6.07) is 4.41. The van der Waals surface area contributed by atoms with E-state index in [-0.39, 0.29) is 20.7 Å². The smallest absolute Gasteiger partial charge is 0.242 e. The van der Waals surface area contributed by atoms with Crippen molar-refractivity contribution in [1.29, 1.82) is 0 Å². The van der Waals surface area contributed by atoms with Crippen LogP contribution in [0.3, 0.4) is 0 Å². The Morgan fingerprint density at radius 2 is 1.80 bits per heavy atom. The van der Waals surface area contributed by atoms with E-state index in [1.807, 2.05) is 0 Å². The Morgan fingerprint density at radius 3 is 2.25 bits per heavy atom. The summed E-state index contributed by atoms with van der Waals surface area (Å²) in [6.45, 7) is 9.04. The number of nitrogen functional groups attached to an aromatic ring is 1. The van der Waals surface area contributed by atoms with Gasteiger partial charge in [0.05, 0.1) is 5.02 Å². The summed E-state index contributed by atoms with van der Waals surface area (Å²) in [6.07, 6.45) is 0. The highest BCUT2D eigenvalue weighted by Crippen LogP contribution is 2.67. The maximum atomic E-state index is 12.3. The topological polar surface area (TPSA) is 72.2 Å². The van der Waals surface area contributed by atoms with Crippen LogP contribution < -0.4 is 10.5 Å². The summed E-state index contributed by atoms with van der Waals surface area (Å²) in [5.74, 6) is 0.317. The number of nitrogens with two attached hydrogens (primary N) is 1. The molecule has 1 aliphatic rings. The van der Waals surface area contributed by atoms with Gasteiger partial charge in [0.25, 0.3) is 0 Å². The molecule has 0 bridgehead atoms. The van der Waals surface area contributed by atoms with Crippen LogP contribution in [-0.2, 0) is 10.0 Å². The first kappa shape index (κ1) is 15.6. The Bertz CT molecular complexity index is 625. The number of hydrogen-bond acceptors (Lipinski definition) is 3. The Balaban J connectivity index is 2.14. The molecule has 0 heterocycles. The summed E-state index contributed by atoms with van der Waals surface area (Å²) in [4.78, 5) is 0.0737. The van der Waals surface area contributed by atoms with Crippen LogP contribution >= 0.6 is 11.6 Å². The molecule has 0 radical (unpaired) electrons. The van der Waals surface area contributed by atoms with Crippen molar-refractivity contribution in [2.24, 2.45) is 16.7 Å². The third kappa shape index (κ3) is 2.43. The second kappa shape index (κ2) is 4.61. The van der Waals surface area contributed by atoms with E-state index in [2.05, 4.69) is 32.4 Å². The van der Waals surface area contributed by atoms with Gasteiger partial charge in [0.2, 0.25) is 10.0 Å². The number of benzene rings is 1. The number of hydrogen-bond donors (Lipinski definition) is 2. The maximum Gasteiger partial charge on any atom is 0.242 e. The van der Waals surface area contributed by atoms with Gasteiger partial charge in [-0.2, -0.15) is 0 Å². The first-order valence-corrected chi connectivity index (χ1v) is 8.41. The van der Waals surface area contributed by atoms with E-state index in [1.54, 1.807) is 0 Å². The second-order valence-corrected chi connectivity index (χ2v) is 8.68. The summed E-state index contributed by atoms with van der Waals surface area (Å²) >= 11 is 5.96. The van der Waals surface area contributed by atoms with E-state index >= 15 is 0 Å². The molecule has 3 N–H and O–H groups in total. The molecule has 20 heavy (non-hydrogen) atoms. The fourth-order valence-electron chi connectivity index (χ4n) is 2.85. The molecule has 1 aromatic carbocycles. The molecule has 0 aromatic heterocycles. The Labute approximate surface area is 125 Å². The van der Waals surface area contributed by atoms with E-state index in [4.69, 9.17) is 17.3 Å². The van der Waals surface area contributed by atoms with Gasteiger partial charge in [-0.1, -0.05) is 39.3 Å². The molecule has 0 spiro atoms. The van der Waals surface area contributed by atoms with Crippen LogP contribution in [-0.4, -0.2) is 15.0 Å². The predicted octanol–water partition coefficient (Wildman–Crippen LogP) is 2.88. The minimum absolute atomic E-state index is 0.0737. The Hall–Kier alpha value is -0.780. The average Bonchev–Trinajstić information content (AvgIpc) is 2.66. The largest absolute Gasteiger partial charge is 0.399 e. The van der Waals surface area contributed by atoms with Gasteiger partial charge < -0.3 is 5.73 Å². The van der Waals surface area contributed by atoms with Gasteiger partial charge in [0.15, 0.2) is 0 Å². The van der Waals surface area contributed by atoms with Gasteiger partial charge in [-0.3, -0.25) is 0 Å². The molecule has 1 fully saturated rings. The molecule has 1 aromatic rings. The van der Waals surface area contributed by atoms with Crippen LogP contribution in [0.5, 0.6) is 0 Å². The van der Waals surface area contributed by atoms with Crippen molar-refractivity contribution < 1.29 is 8.42 Å². The summed E-state index contributed by atoms with van der Waals surface area (Å²) < 4.78 is 27.2. The zero-order valence-electron chi connectivity index (χ0n) is 12.2. The quantitative estimate of drug-likeness (QED) is 0.839. The number of nitrogens with one attached hydrogen (secondary N) is 1. The SMILES string of the molecule is CC1(C)C(CNS(=O)(=O)c2ccc(N)cc2Cl)C1(C)C. The molecule has 112 valence electrons. The summed E-state index contributed by atoms with van der Waals surface area (Å²) in [5, 5.41) is 0.145. The van der Waals surface area contributed by atoms with Crippen molar-refractivity contribution in [3.05, 3.63) is 23.2 Å².